The normalized spacial score (nSPS) is 10.1. The molecule has 0 saturated heterocycles. The van der Waals surface area contributed by atoms with Crippen LogP contribution in [0.15, 0.2) is 17.0 Å². The van der Waals surface area contributed by atoms with E-state index < -0.39 is 0 Å². The molecule has 0 spiro atoms. The molecule has 1 aromatic rings. The summed E-state index contributed by atoms with van der Waals surface area (Å²) in [5.41, 5.74) is 7.67. The number of halogens is 1. The number of nitrogen functional groups attached to an aromatic ring is 1. The van der Waals surface area contributed by atoms with Crippen LogP contribution in [-0.2, 0) is 0 Å². The van der Waals surface area contributed by atoms with Gasteiger partial charge in [-0.2, -0.15) is 0 Å². The second kappa shape index (κ2) is 3.37. The van der Waals surface area contributed by atoms with E-state index in [1.807, 2.05) is 25.3 Å². The first kappa shape index (κ1) is 8.75. The fourth-order valence-corrected chi connectivity index (χ4v) is 1.92. The molecule has 0 fully saturated rings. The Morgan fingerprint density at radius 3 is 2.55 bits per heavy atom. The van der Waals surface area contributed by atoms with Gasteiger partial charge in [-0.25, -0.2) is 0 Å². The molecule has 0 bridgehead atoms. The average molecular weight is 188 g/mol. The van der Waals surface area contributed by atoms with E-state index in [9.17, 15) is 0 Å². The Hall–Kier alpha value is -0.340. The summed E-state index contributed by atoms with van der Waals surface area (Å²) in [6.45, 7) is 1.98. The van der Waals surface area contributed by atoms with E-state index in [1.165, 1.54) is 0 Å². The molecule has 0 aliphatic rings. The molecule has 0 heterocycles. The Labute approximate surface area is 75.9 Å². The Kier molecular flexibility index (Phi) is 2.68. The van der Waals surface area contributed by atoms with E-state index in [4.69, 9.17) is 17.3 Å². The third-order valence-electron chi connectivity index (χ3n) is 1.57. The number of rotatable bonds is 1. The number of hydrogen-bond donors (Lipinski definition) is 1. The number of nitrogens with two attached hydrogens (primary N) is 1. The van der Waals surface area contributed by atoms with Crippen molar-refractivity contribution in [3.63, 3.8) is 0 Å². The lowest BCUT2D eigenvalue weighted by Crippen LogP contribution is -1.92. The zero-order valence-corrected chi connectivity index (χ0v) is 8.09. The molecule has 1 nitrogen and oxygen atoms in total. The lowest BCUT2D eigenvalue weighted by molar-refractivity contribution is 1.37. The molecule has 0 amide bonds. The quantitative estimate of drug-likeness (QED) is 0.541. The summed E-state index contributed by atoms with van der Waals surface area (Å²) in [5, 5.41) is 0.737. The van der Waals surface area contributed by atoms with Crippen molar-refractivity contribution in [2.75, 3.05) is 12.0 Å². The van der Waals surface area contributed by atoms with Gasteiger partial charge in [-0.05, 0) is 24.8 Å². The smallest absolute Gasteiger partial charge is 0.0562 e. The molecule has 0 atom stereocenters. The summed E-state index contributed by atoms with van der Waals surface area (Å²) < 4.78 is 0. The van der Waals surface area contributed by atoms with E-state index in [2.05, 4.69) is 0 Å². The SMILES string of the molecule is CSc1c(Cl)ccc(C)c1N. The minimum Gasteiger partial charge on any atom is -0.398 e. The maximum atomic E-state index is 5.90. The molecular formula is C8H10ClNS. The van der Waals surface area contributed by atoms with Crippen LogP contribution in [0.1, 0.15) is 5.56 Å². The largest absolute Gasteiger partial charge is 0.398 e. The molecule has 1 rings (SSSR count). The maximum absolute atomic E-state index is 5.90. The highest BCUT2D eigenvalue weighted by Gasteiger charge is 2.04. The number of anilines is 1. The second-order valence-electron chi connectivity index (χ2n) is 2.31. The number of thioether (sulfide) groups is 1. The van der Waals surface area contributed by atoms with E-state index >= 15 is 0 Å². The van der Waals surface area contributed by atoms with Crippen molar-refractivity contribution >= 4 is 29.1 Å². The number of aryl methyl sites for hydroxylation is 1. The van der Waals surface area contributed by atoms with Gasteiger partial charge in [0, 0.05) is 10.6 Å². The minimum atomic E-state index is 0.737. The van der Waals surface area contributed by atoms with Crippen LogP contribution in [0.2, 0.25) is 5.02 Å². The molecule has 1 aromatic carbocycles. The highest BCUT2D eigenvalue weighted by molar-refractivity contribution is 7.98. The molecule has 0 aliphatic carbocycles. The van der Waals surface area contributed by atoms with E-state index in [0.29, 0.717) is 0 Å². The van der Waals surface area contributed by atoms with Crippen LogP contribution in [0.4, 0.5) is 5.69 Å². The first-order valence-electron chi connectivity index (χ1n) is 3.25. The van der Waals surface area contributed by atoms with Crippen LogP contribution < -0.4 is 5.73 Å². The van der Waals surface area contributed by atoms with Crippen molar-refractivity contribution < 1.29 is 0 Å². The van der Waals surface area contributed by atoms with Crippen LogP contribution in [0.25, 0.3) is 0 Å². The predicted molar refractivity (Wildman–Crippen MR) is 52.4 cm³/mol. The topological polar surface area (TPSA) is 26.0 Å². The fraction of sp³-hybridized carbons (Fsp3) is 0.250. The summed E-state index contributed by atoms with van der Waals surface area (Å²) in [7, 11) is 0. The van der Waals surface area contributed by atoms with Crippen molar-refractivity contribution in [1.29, 1.82) is 0 Å². The standard InChI is InChI=1S/C8H10ClNS/c1-5-3-4-6(9)8(11-2)7(5)10/h3-4H,10H2,1-2H3. The van der Waals surface area contributed by atoms with Gasteiger partial charge in [0.15, 0.2) is 0 Å². The Morgan fingerprint density at radius 2 is 2.09 bits per heavy atom. The first-order chi connectivity index (χ1) is 5.16. The van der Waals surface area contributed by atoms with E-state index in [1.54, 1.807) is 11.8 Å². The van der Waals surface area contributed by atoms with Gasteiger partial charge in [0.05, 0.1) is 5.02 Å². The van der Waals surface area contributed by atoms with Gasteiger partial charge in [0.1, 0.15) is 0 Å². The third-order valence-corrected chi connectivity index (χ3v) is 2.85. The third kappa shape index (κ3) is 1.63. The highest BCUT2D eigenvalue weighted by atomic mass is 35.5. The van der Waals surface area contributed by atoms with Crippen molar-refractivity contribution in [3.05, 3.63) is 22.7 Å². The van der Waals surface area contributed by atoms with Gasteiger partial charge in [-0.15, -0.1) is 11.8 Å². The summed E-state index contributed by atoms with van der Waals surface area (Å²) in [4.78, 5) is 0.978. The zero-order valence-electron chi connectivity index (χ0n) is 6.52. The summed E-state index contributed by atoms with van der Waals surface area (Å²) in [6, 6.07) is 3.80. The van der Waals surface area contributed by atoms with E-state index in [0.717, 1.165) is 21.2 Å². The van der Waals surface area contributed by atoms with Crippen LogP contribution >= 0.6 is 23.4 Å². The van der Waals surface area contributed by atoms with Crippen LogP contribution in [0.5, 0.6) is 0 Å². The van der Waals surface area contributed by atoms with E-state index in [-0.39, 0.29) is 0 Å². The lowest BCUT2D eigenvalue weighted by Gasteiger charge is -2.06. The molecule has 11 heavy (non-hydrogen) atoms. The van der Waals surface area contributed by atoms with Gasteiger partial charge in [-0.3, -0.25) is 0 Å². The van der Waals surface area contributed by atoms with Gasteiger partial charge < -0.3 is 5.73 Å². The molecule has 0 unspecified atom stereocenters. The molecule has 0 saturated carbocycles. The van der Waals surface area contributed by atoms with Gasteiger partial charge >= 0.3 is 0 Å². The summed E-state index contributed by atoms with van der Waals surface area (Å²) in [5.74, 6) is 0. The highest BCUT2D eigenvalue weighted by Crippen LogP contribution is 2.32. The van der Waals surface area contributed by atoms with Gasteiger partial charge in [-0.1, -0.05) is 17.7 Å². The first-order valence-corrected chi connectivity index (χ1v) is 4.85. The van der Waals surface area contributed by atoms with Crippen LogP contribution in [-0.4, -0.2) is 6.26 Å². The summed E-state index contributed by atoms with van der Waals surface area (Å²) in [6.07, 6.45) is 1.97. The van der Waals surface area contributed by atoms with Crippen molar-refractivity contribution in [3.8, 4) is 0 Å². The second-order valence-corrected chi connectivity index (χ2v) is 3.53. The molecular weight excluding hydrogens is 178 g/mol. The van der Waals surface area contributed by atoms with Crippen LogP contribution in [0, 0.1) is 6.92 Å². The zero-order chi connectivity index (χ0) is 8.43. The minimum absolute atomic E-state index is 0.737. The van der Waals surface area contributed by atoms with Crippen molar-refractivity contribution in [2.45, 2.75) is 11.8 Å². The fourth-order valence-electron chi connectivity index (χ4n) is 0.879. The molecule has 0 radical (unpaired) electrons. The van der Waals surface area contributed by atoms with Gasteiger partial charge in [0.2, 0.25) is 0 Å². The monoisotopic (exact) mass is 187 g/mol. The molecule has 0 aromatic heterocycles. The summed E-state index contributed by atoms with van der Waals surface area (Å²) >= 11 is 7.48. The Morgan fingerprint density at radius 1 is 1.45 bits per heavy atom. The number of hydrogen-bond acceptors (Lipinski definition) is 2. The molecule has 2 N–H and O–H groups in total. The Balaban J connectivity index is 3.29. The van der Waals surface area contributed by atoms with Gasteiger partial charge in [0.25, 0.3) is 0 Å². The average Bonchev–Trinajstić information content (AvgIpc) is 1.99. The molecule has 0 aliphatic heterocycles. The maximum Gasteiger partial charge on any atom is 0.0562 e. The Bertz CT molecular complexity index is 273. The lowest BCUT2D eigenvalue weighted by atomic mass is 10.2. The molecule has 60 valence electrons. The molecule has 3 heteroatoms. The number of benzene rings is 1. The van der Waals surface area contributed by atoms with Crippen LogP contribution in [0.3, 0.4) is 0 Å². The van der Waals surface area contributed by atoms with Crippen molar-refractivity contribution in [2.24, 2.45) is 0 Å². The predicted octanol–water partition coefficient (Wildman–Crippen LogP) is 2.95. The van der Waals surface area contributed by atoms with Crippen molar-refractivity contribution in [1.82, 2.24) is 0 Å².